The number of hydrogen-bond donors (Lipinski definition) is 1. The Labute approximate surface area is 78.1 Å². The quantitative estimate of drug-likeness (QED) is 0.745. The van der Waals surface area contributed by atoms with E-state index >= 15 is 0 Å². The molecule has 1 unspecified atom stereocenters. The summed E-state index contributed by atoms with van der Waals surface area (Å²) in [6, 6.07) is 4.49. The van der Waals surface area contributed by atoms with Crippen molar-refractivity contribution in [3.8, 4) is 5.88 Å². The van der Waals surface area contributed by atoms with E-state index in [1.165, 1.54) is 18.4 Å². The molecule has 1 fully saturated rings. The molecule has 70 valence electrons. The van der Waals surface area contributed by atoms with Crippen LogP contribution in [0.4, 0.5) is 0 Å². The smallest absolute Gasteiger partial charge is 0.212 e. The van der Waals surface area contributed by atoms with Gasteiger partial charge in [0.25, 0.3) is 0 Å². The van der Waals surface area contributed by atoms with Crippen LogP contribution in [-0.2, 0) is 0 Å². The second-order valence-corrected chi connectivity index (χ2v) is 3.28. The highest BCUT2D eigenvalue weighted by molar-refractivity contribution is 5.21. The lowest BCUT2D eigenvalue weighted by molar-refractivity contribution is 0.397. The minimum absolute atomic E-state index is 0.499. The fourth-order valence-electron chi connectivity index (χ4n) is 1.69. The number of rotatable bonds is 2. The van der Waals surface area contributed by atoms with Crippen LogP contribution in [0.5, 0.6) is 5.88 Å². The fraction of sp³-hybridized carbons (Fsp3) is 0.500. The van der Waals surface area contributed by atoms with Gasteiger partial charge in [0.2, 0.25) is 5.88 Å². The van der Waals surface area contributed by atoms with Crippen molar-refractivity contribution < 1.29 is 4.74 Å². The summed E-state index contributed by atoms with van der Waals surface area (Å²) >= 11 is 0. The largest absolute Gasteiger partial charge is 0.481 e. The highest BCUT2D eigenvalue weighted by Crippen LogP contribution is 2.22. The molecule has 3 nitrogen and oxygen atoms in total. The number of hydrogen-bond acceptors (Lipinski definition) is 3. The number of nitrogens with zero attached hydrogens (tertiary/aromatic N) is 1. The highest BCUT2D eigenvalue weighted by Gasteiger charge is 2.15. The van der Waals surface area contributed by atoms with Crippen LogP contribution >= 0.6 is 0 Å². The van der Waals surface area contributed by atoms with Crippen LogP contribution in [0.3, 0.4) is 0 Å². The van der Waals surface area contributed by atoms with Gasteiger partial charge in [0.1, 0.15) is 0 Å². The van der Waals surface area contributed by atoms with Gasteiger partial charge in [-0.15, -0.1) is 0 Å². The normalized spacial score (nSPS) is 21.8. The number of nitrogens with one attached hydrogen (secondary N) is 1. The third-order valence-electron chi connectivity index (χ3n) is 2.43. The van der Waals surface area contributed by atoms with E-state index in [1.807, 2.05) is 12.3 Å². The summed E-state index contributed by atoms with van der Waals surface area (Å²) in [6.07, 6.45) is 4.37. The first-order valence-corrected chi connectivity index (χ1v) is 4.63. The molecule has 1 atom stereocenters. The molecule has 0 aromatic carbocycles. The van der Waals surface area contributed by atoms with Crippen LogP contribution in [-0.4, -0.2) is 18.6 Å². The van der Waals surface area contributed by atoms with Crippen LogP contribution in [0.25, 0.3) is 0 Å². The predicted octanol–water partition coefficient (Wildman–Crippen LogP) is 1.51. The number of pyridine rings is 1. The molecule has 0 bridgehead atoms. The third kappa shape index (κ3) is 1.80. The van der Waals surface area contributed by atoms with Gasteiger partial charge in [-0.3, -0.25) is 0 Å². The van der Waals surface area contributed by atoms with Gasteiger partial charge in [0.05, 0.1) is 7.11 Å². The summed E-state index contributed by atoms with van der Waals surface area (Å²) in [7, 11) is 1.63. The molecule has 0 aliphatic carbocycles. The zero-order valence-corrected chi connectivity index (χ0v) is 7.79. The second kappa shape index (κ2) is 3.75. The molecule has 3 heteroatoms. The summed E-state index contributed by atoms with van der Waals surface area (Å²) in [5.74, 6) is 0.682. The molecule has 1 aliphatic heterocycles. The Kier molecular flexibility index (Phi) is 2.45. The van der Waals surface area contributed by atoms with E-state index < -0.39 is 0 Å². The molecule has 0 saturated carbocycles. The lowest BCUT2D eigenvalue weighted by Gasteiger charge is -2.09. The molecule has 1 aromatic heterocycles. The van der Waals surface area contributed by atoms with E-state index in [2.05, 4.69) is 16.4 Å². The van der Waals surface area contributed by atoms with E-state index in [4.69, 9.17) is 4.74 Å². The Morgan fingerprint density at radius 1 is 1.54 bits per heavy atom. The van der Waals surface area contributed by atoms with E-state index in [0.717, 1.165) is 6.54 Å². The van der Waals surface area contributed by atoms with Gasteiger partial charge in [0, 0.05) is 18.3 Å². The van der Waals surface area contributed by atoms with E-state index in [9.17, 15) is 0 Å². The Morgan fingerprint density at radius 3 is 3.00 bits per heavy atom. The zero-order chi connectivity index (χ0) is 9.10. The maximum Gasteiger partial charge on any atom is 0.212 e. The van der Waals surface area contributed by atoms with Gasteiger partial charge in [0.15, 0.2) is 0 Å². The Balaban J connectivity index is 2.12. The van der Waals surface area contributed by atoms with Gasteiger partial charge < -0.3 is 10.1 Å². The first-order chi connectivity index (χ1) is 6.40. The van der Waals surface area contributed by atoms with Crippen molar-refractivity contribution >= 4 is 0 Å². The molecule has 0 radical (unpaired) electrons. The van der Waals surface area contributed by atoms with Crippen molar-refractivity contribution in [2.24, 2.45) is 0 Å². The maximum atomic E-state index is 5.00. The van der Waals surface area contributed by atoms with Crippen LogP contribution in [0, 0.1) is 0 Å². The molecular weight excluding hydrogens is 164 g/mol. The first-order valence-electron chi connectivity index (χ1n) is 4.63. The Hall–Kier alpha value is -1.09. The fourth-order valence-corrected chi connectivity index (χ4v) is 1.69. The van der Waals surface area contributed by atoms with Crippen molar-refractivity contribution in [2.75, 3.05) is 13.7 Å². The summed E-state index contributed by atoms with van der Waals surface area (Å²) in [5, 5.41) is 3.43. The molecule has 1 aromatic rings. The molecule has 13 heavy (non-hydrogen) atoms. The van der Waals surface area contributed by atoms with Crippen molar-refractivity contribution in [1.29, 1.82) is 0 Å². The Morgan fingerprint density at radius 2 is 2.46 bits per heavy atom. The second-order valence-electron chi connectivity index (χ2n) is 3.28. The van der Waals surface area contributed by atoms with E-state index in [0.29, 0.717) is 11.9 Å². The van der Waals surface area contributed by atoms with Crippen LogP contribution < -0.4 is 10.1 Å². The maximum absolute atomic E-state index is 5.00. The molecule has 1 N–H and O–H groups in total. The summed E-state index contributed by atoms with van der Waals surface area (Å²) < 4.78 is 5.00. The molecule has 0 amide bonds. The zero-order valence-electron chi connectivity index (χ0n) is 7.79. The van der Waals surface area contributed by atoms with Crippen molar-refractivity contribution in [1.82, 2.24) is 10.3 Å². The Bertz CT molecular complexity index is 265. The van der Waals surface area contributed by atoms with Gasteiger partial charge in [-0.2, -0.15) is 0 Å². The first kappa shape index (κ1) is 8.51. The number of ether oxygens (including phenoxy) is 1. The average molecular weight is 178 g/mol. The standard InChI is InChI=1S/C10H14N2O/c1-13-10-5-4-8(7-12-10)9-3-2-6-11-9/h4-5,7,9,11H,2-3,6H2,1H3. The van der Waals surface area contributed by atoms with Crippen molar-refractivity contribution in [3.63, 3.8) is 0 Å². The lowest BCUT2D eigenvalue weighted by Crippen LogP contribution is -2.12. The molecular formula is C10H14N2O. The monoisotopic (exact) mass is 178 g/mol. The van der Waals surface area contributed by atoms with Gasteiger partial charge >= 0.3 is 0 Å². The molecule has 2 rings (SSSR count). The van der Waals surface area contributed by atoms with Crippen molar-refractivity contribution in [3.05, 3.63) is 23.9 Å². The molecule has 0 spiro atoms. The summed E-state index contributed by atoms with van der Waals surface area (Å²) in [6.45, 7) is 1.12. The minimum atomic E-state index is 0.499. The van der Waals surface area contributed by atoms with Crippen molar-refractivity contribution in [2.45, 2.75) is 18.9 Å². The highest BCUT2D eigenvalue weighted by atomic mass is 16.5. The topological polar surface area (TPSA) is 34.1 Å². The average Bonchev–Trinajstić information content (AvgIpc) is 2.71. The van der Waals surface area contributed by atoms with Crippen LogP contribution in [0.15, 0.2) is 18.3 Å². The summed E-state index contributed by atoms with van der Waals surface area (Å²) in [4.78, 5) is 4.18. The number of methoxy groups -OCH3 is 1. The minimum Gasteiger partial charge on any atom is -0.481 e. The lowest BCUT2D eigenvalue weighted by atomic mass is 10.1. The van der Waals surface area contributed by atoms with E-state index in [-0.39, 0.29) is 0 Å². The summed E-state index contributed by atoms with van der Waals surface area (Å²) in [5.41, 5.74) is 1.26. The van der Waals surface area contributed by atoms with Gasteiger partial charge in [-0.25, -0.2) is 4.98 Å². The predicted molar refractivity (Wildman–Crippen MR) is 50.8 cm³/mol. The SMILES string of the molecule is COc1ccc(C2CCCN2)cn1. The number of aromatic nitrogens is 1. The molecule has 1 saturated heterocycles. The molecule has 2 heterocycles. The van der Waals surface area contributed by atoms with Gasteiger partial charge in [-0.1, -0.05) is 6.07 Å². The van der Waals surface area contributed by atoms with Gasteiger partial charge in [-0.05, 0) is 24.9 Å². The third-order valence-corrected chi connectivity index (χ3v) is 2.43. The van der Waals surface area contributed by atoms with E-state index in [1.54, 1.807) is 7.11 Å². The molecule has 1 aliphatic rings. The van der Waals surface area contributed by atoms with Crippen LogP contribution in [0.2, 0.25) is 0 Å². The van der Waals surface area contributed by atoms with Crippen LogP contribution in [0.1, 0.15) is 24.4 Å².